The standard InChI is InChI=1S/C18H16BrN3O4/c19-12-5-1-2-6-13(12)21-17(24)11-20-16(23)9-10-22-14-7-3-4-8-15(14)26-18(22)25/h1-8H,9-11H2,(H,20,23)(H,21,24). The summed E-state index contributed by atoms with van der Waals surface area (Å²) in [6.07, 6.45) is 0.0613. The number of halogens is 1. The summed E-state index contributed by atoms with van der Waals surface area (Å²) >= 11 is 3.33. The molecule has 2 aromatic carbocycles. The molecule has 1 aromatic heterocycles. The predicted octanol–water partition coefficient (Wildman–Crippen LogP) is 2.50. The van der Waals surface area contributed by atoms with Crippen molar-refractivity contribution in [2.75, 3.05) is 11.9 Å². The molecule has 1 heterocycles. The summed E-state index contributed by atoms with van der Waals surface area (Å²) in [6.45, 7) is 0.0226. The third-order valence-electron chi connectivity index (χ3n) is 3.73. The maximum absolute atomic E-state index is 12.0. The van der Waals surface area contributed by atoms with Crippen LogP contribution in [0.25, 0.3) is 11.1 Å². The Morgan fingerprint density at radius 2 is 1.77 bits per heavy atom. The molecule has 26 heavy (non-hydrogen) atoms. The zero-order valence-electron chi connectivity index (χ0n) is 13.7. The zero-order valence-corrected chi connectivity index (χ0v) is 15.3. The first-order valence-corrected chi connectivity index (χ1v) is 8.73. The van der Waals surface area contributed by atoms with Gasteiger partial charge < -0.3 is 15.1 Å². The number of carbonyl (C=O) groups excluding carboxylic acids is 2. The predicted molar refractivity (Wildman–Crippen MR) is 101 cm³/mol. The Bertz CT molecular complexity index is 1010. The Morgan fingerprint density at radius 3 is 2.58 bits per heavy atom. The highest BCUT2D eigenvalue weighted by Crippen LogP contribution is 2.20. The Kier molecular flexibility index (Phi) is 5.52. The molecule has 7 nitrogen and oxygen atoms in total. The van der Waals surface area contributed by atoms with Crippen molar-refractivity contribution in [3.8, 4) is 0 Å². The van der Waals surface area contributed by atoms with Gasteiger partial charge in [0.2, 0.25) is 11.8 Å². The number of fused-ring (bicyclic) bond motifs is 1. The largest absolute Gasteiger partial charge is 0.419 e. The van der Waals surface area contributed by atoms with E-state index in [4.69, 9.17) is 4.42 Å². The summed E-state index contributed by atoms with van der Waals surface area (Å²) in [5.41, 5.74) is 1.74. The number of hydrogen-bond acceptors (Lipinski definition) is 4. The number of benzene rings is 2. The molecule has 0 radical (unpaired) electrons. The van der Waals surface area contributed by atoms with Crippen molar-refractivity contribution in [2.24, 2.45) is 0 Å². The van der Waals surface area contributed by atoms with Crippen LogP contribution < -0.4 is 16.4 Å². The Balaban J connectivity index is 1.51. The molecule has 0 atom stereocenters. The number of hydrogen-bond donors (Lipinski definition) is 2. The summed E-state index contributed by atoms with van der Waals surface area (Å²) < 4.78 is 7.27. The van der Waals surface area contributed by atoms with Crippen LogP contribution in [-0.4, -0.2) is 22.9 Å². The van der Waals surface area contributed by atoms with Gasteiger partial charge in [-0.15, -0.1) is 0 Å². The van der Waals surface area contributed by atoms with E-state index < -0.39 is 5.76 Å². The van der Waals surface area contributed by atoms with E-state index in [-0.39, 0.29) is 31.3 Å². The summed E-state index contributed by atoms with van der Waals surface area (Å²) in [5.74, 6) is -1.17. The second kappa shape index (κ2) is 8.01. The summed E-state index contributed by atoms with van der Waals surface area (Å²) in [7, 11) is 0. The molecule has 0 saturated carbocycles. The van der Waals surface area contributed by atoms with Crippen molar-refractivity contribution in [1.29, 1.82) is 0 Å². The molecule has 3 aromatic rings. The molecular weight excluding hydrogens is 402 g/mol. The molecule has 2 N–H and O–H groups in total. The van der Waals surface area contributed by atoms with Crippen molar-refractivity contribution < 1.29 is 14.0 Å². The minimum absolute atomic E-state index is 0.0613. The first-order chi connectivity index (χ1) is 12.5. The second-order valence-electron chi connectivity index (χ2n) is 5.54. The van der Waals surface area contributed by atoms with Crippen molar-refractivity contribution in [1.82, 2.24) is 9.88 Å². The molecule has 0 aliphatic carbocycles. The number of amides is 2. The molecule has 0 aliphatic heterocycles. The van der Waals surface area contributed by atoms with Gasteiger partial charge in [0.25, 0.3) is 0 Å². The second-order valence-corrected chi connectivity index (χ2v) is 6.40. The van der Waals surface area contributed by atoms with Gasteiger partial charge in [-0.2, -0.15) is 0 Å². The summed E-state index contributed by atoms with van der Waals surface area (Å²) in [6, 6.07) is 14.2. The molecule has 0 saturated heterocycles. The van der Waals surface area contributed by atoms with Crippen LogP contribution in [0.4, 0.5) is 5.69 Å². The topological polar surface area (TPSA) is 93.3 Å². The molecule has 0 aliphatic rings. The van der Waals surface area contributed by atoms with Gasteiger partial charge in [0.1, 0.15) is 0 Å². The fourth-order valence-electron chi connectivity index (χ4n) is 2.46. The van der Waals surface area contributed by atoms with Crippen molar-refractivity contribution in [3.63, 3.8) is 0 Å². The van der Waals surface area contributed by atoms with Gasteiger partial charge in [-0.25, -0.2) is 4.79 Å². The van der Waals surface area contributed by atoms with Crippen LogP contribution >= 0.6 is 15.9 Å². The molecular formula is C18H16BrN3O4. The van der Waals surface area contributed by atoms with Gasteiger partial charge in [-0.3, -0.25) is 14.2 Å². The number of rotatable bonds is 6. The quantitative estimate of drug-likeness (QED) is 0.644. The first kappa shape index (κ1) is 17.9. The third kappa shape index (κ3) is 4.20. The van der Waals surface area contributed by atoms with E-state index >= 15 is 0 Å². The van der Waals surface area contributed by atoms with Crippen molar-refractivity contribution in [3.05, 3.63) is 63.6 Å². The van der Waals surface area contributed by atoms with E-state index in [0.29, 0.717) is 16.8 Å². The lowest BCUT2D eigenvalue weighted by Crippen LogP contribution is -2.33. The average Bonchev–Trinajstić information content (AvgIpc) is 2.95. The molecule has 0 spiro atoms. The monoisotopic (exact) mass is 417 g/mol. The van der Waals surface area contributed by atoms with Crippen LogP contribution in [0.3, 0.4) is 0 Å². The Labute approximate surface area is 157 Å². The lowest BCUT2D eigenvalue weighted by molar-refractivity contribution is -0.124. The molecule has 134 valence electrons. The molecule has 0 bridgehead atoms. The van der Waals surface area contributed by atoms with Crippen LogP contribution in [0.2, 0.25) is 0 Å². The molecule has 3 rings (SSSR count). The SMILES string of the molecule is O=C(CCn1c(=O)oc2ccccc21)NCC(=O)Nc1ccccc1Br. The van der Waals surface area contributed by atoms with Crippen LogP contribution in [-0.2, 0) is 16.1 Å². The molecule has 0 unspecified atom stereocenters. The smallest absolute Gasteiger partial charge is 0.408 e. The van der Waals surface area contributed by atoms with Crippen LogP contribution in [0.5, 0.6) is 0 Å². The van der Waals surface area contributed by atoms with Crippen molar-refractivity contribution in [2.45, 2.75) is 13.0 Å². The highest BCUT2D eigenvalue weighted by atomic mass is 79.9. The zero-order chi connectivity index (χ0) is 18.5. The number of anilines is 1. The fourth-order valence-corrected chi connectivity index (χ4v) is 2.85. The maximum Gasteiger partial charge on any atom is 0.419 e. The van der Waals surface area contributed by atoms with Crippen molar-refractivity contribution >= 4 is 44.5 Å². The number of aryl methyl sites for hydroxylation is 1. The van der Waals surface area contributed by atoms with Gasteiger partial charge in [0, 0.05) is 17.4 Å². The van der Waals surface area contributed by atoms with E-state index in [0.717, 1.165) is 4.47 Å². The number of para-hydroxylation sites is 3. The highest BCUT2D eigenvalue weighted by molar-refractivity contribution is 9.10. The van der Waals surface area contributed by atoms with E-state index in [1.54, 1.807) is 42.5 Å². The molecule has 2 amide bonds. The first-order valence-electron chi connectivity index (χ1n) is 7.94. The maximum atomic E-state index is 12.0. The lowest BCUT2D eigenvalue weighted by Gasteiger charge is -2.08. The van der Waals surface area contributed by atoms with Gasteiger partial charge in [0.05, 0.1) is 17.7 Å². The normalized spacial score (nSPS) is 10.7. The van der Waals surface area contributed by atoms with Gasteiger partial charge in [-0.05, 0) is 40.2 Å². The van der Waals surface area contributed by atoms with Gasteiger partial charge in [-0.1, -0.05) is 24.3 Å². The van der Waals surface area contributed by atoms with Gasteiger partial charge in [0.15, 0.2) is 5.58 Å². The Hall–Kier alpha value is -2.87. The van der Waals surface area contributed by atoms with E-state index in [1.807, 2.05) is 6.07 Å². The number of nitrogens with one attached hydrogen (secondary N) is 2. The number of carbonyl (C=O) groups is 2. The highest BCUT2D eigenvalue weighted by Gasteiger charge is 2.11. The van der Waals surface area contributed by atoms with Gasteiger partial charge >= 0.3 is 5.76 Å². The number of nitrogens with zero attached hydrogens (tertiary/aromatic N) is 1. The lowest BCUT2D eigenvalue weighted by atomic mass is 10.3. The van der Waals surface area contributed by atoms with E-state index in [1.165, 1.54) is 4.57 Å². The average molecular weight is 418 g/mol. The van der Waals surface area contributed by atoms with Crippen LogP contribution in [0.15, 0.2) is 62.2 Å². The number of oxazole rings is 1. The summed E-state index contributed by atoms with van der Waals surface area (Å²) in [4.78, 5) is 35.7. The minimum Gasteiger partial charge on any atom is -0.408 e. The van der Waals surface area contributed by atoms with Crippen LogP contribution in [0, 0.1) is 0 Å². The minimum atomic E-state index is -0.509. The van der Waals surface area contributed by atoms with E-state index in [2.05, 4.69) is 26.6 Å². The fraction of sp³-hybridized carbons (Fsp3) is 0.167. The Morgan fingerprint density at radius 1 is 1.04 bits per heavy atom. The molecule has 8 heteroatoms. The third-order valence-corrected chi connectivity index (χ3v) is 4.42. The summed E-state index contributed by atoms with van der Waals surface area (Å²) in [5, 5.41) is 5.24. The van der Waals surface area contributed by atoms with E-state index in [9.17, 15) is 14.4 Å². The molecule has 0 fully saturated rings. The number of aromatic nitrogens is 1. The van der Waals surface area contributed by atoms with Crippen LogP contribution in [0.1, 0.15) is 6.42 Å².